The van der Waals surface area contributed by atoms with Crippen LogP contribution in [0.25, 0.3) is 16.7 Å². The lowest BCUT2D eigenvalue weighted by Crippen LogP contribution is -2.34. The lowest BCUT2D eigenvalue weighted by molar-refractivity contribution is -0.143. The Kier molecular flexibility index (Phi) is 8.17. The van der Waals surface area contributed by atoms with Gasteiger partial charge in [-0.2, -0.15) is 5.26 Å². The van der Waals surface area contributed by atoms with E-state index in [0.717, 1.165) is 54.8 Å². The number of aromatic nitrogens is 2. The minimum absolute atomic E-state index is 0.0296. The molecule has 3 aromatic rings. The van der Waals surface area contributed by atoms with Gasteiger partial charge in [-0.1, -0.05) is 13.3 Å². The normalized spacial score (nSPS) is 14.9. The van der Waals surface area contributed by atoms with Gasteiger partial charge in [0, 0.05) is 17.6 Å². The Morgan fingerprint density at radius 2 is 1.86 bits per heavy atom. The van der Waals surface area contributed by atoms with Crippen LogP contribution in [0, 0.1) is 18.3 Å². The van der Waals surface area contributed by atoms with Crippen LogP contribution in [0.3, 0.4) is 0 Å². The molecule has 0 spiro atoms. The Balaban J connectivity index is 1.80. The highest BCUT2D eigenvalue weighted by Gasteiger charge is 2.26. The van der Waals surface area contributed by atoms with Gasteiger partial charge in [0.2, 0.25) is 0 Å². The number of ether oxygens (including phenoxy) is 1. The van der Waals surface area contributed by atoms with Crippen molar-refractivity contribution in [3.8, 4) is 11.8 Å². The number of pyridine rings is 1. The fraction of sp³-hybridized carbons (Fsp3) is 0.448. The number of rotatable bonds is 9. The van der Waals surface area contributed by atoms with Crippen LogP contribution in [0.4, 0.5) is 0 Å². The number of carbonyl (C=O) groups excluding carboxylic acids is 2. The van der Waals surface area contributed by atoms with Crippen molar-refractivity contribution in [2.75, 3.05) is 26.2 Å². The molecule has 0 amide bonds. The van der Waals surface area contributed by atoms with E-state index in [0.29, 0.717) is 29.8 Å². The van der Waals surface area contributed by atoms with Gasteiger partial charge in [0.25, 0.3) is 0 Å². The van der Waals surface area contributed by atoms with Crippen LogP contribution in [0.1, 0.15) is 79.0 Å². The molecule has 0 radical (unpaired) electrons. The van der Waals surface area contributed by atoms with Gasteiger partial charge in [0.1, 0.15) is 0 Å². The average Bonchev–Trinajstić information content (AvgIpc) is 3.19. The first-order valence-electron chi connectivity index (χ1n) is 12.9. The lowest BCUT2D eigenvalue weighted by atomic mass is 9.94. The number of fused-ring (bicyclic) bond motifs is 1. The molecule has 1 atom stereocenters. The molecule has 1 aliphatic rings. The third-order valence-corrected chi connectivity index (χ3v) is 7.10. The molecule has 36 heavy (non-hydrogen) atoms. The summed E-state index contributed by atoms with van der Waals surface area (Å²) in [5, 5.41) is 9.24. The highest BCUT2D eigenvalue weighted by atomic mass is 16.5. The fourth-order valence-electron chi connectivity index (χ4n) is 5.19. The van der Waals surface area contributed by atoms with E-state index in [2.05, 4.69) is 17.0 Å². The minimum atomic E-state index is -0.222. The number of esters is 1. The van der Waals surface area contributed by atoms with E-state index in [1.165, 1.54) is 6.42 Å². The maximum absolute atomic E-state index is 13.6. The van der Waals surface area contributed by atoms with E-state index in [1.54, 1.807) is 18.3 Å². The number of piperidine rings is 1. The Bertz CT molecular complexity index is 1280. The van der Waals surface area contributed by atoms with Gasteiger partial charge in [0.15, 0.2) is 5.78 Å². The predicted molar refractivity (Wildman–Crippen MR) is 139 cm³/mol. The Labute approximate surface area is 212 Å². The van der Waals surface area contributed by atoms with Crippen molar-refractivity contribution in [1.82, 2.24) is 14.5 Å². The van der Waals surface area contributed by atoms with Crippen molar-refractivity contribution in [1.29, 1.82) is 5.26 Å². The first-order valence-corrected chi connectivity index (χ1v) is 12.9. The molecule has 0 aliphatic carbocycles. The minimum Gasteiger partial charge on any atom is -0.466 e. The Morgan fingerprint density at radius 3 is 2.50 bits per heavy atom. The number of nitriles is 1. The molecule has 1 unspecified atom stereocenters. The summed E-state index contributed by atoms with van der Waals surface area (Å²) in [5.41, 5.74) is 5.37. The van der Waals surface area contributed by atoms with Crippen LogP contribution in [-0.2, 0) is 9.53 Å². The largest absolute Gasteiger partial charge is 0.466 e. The summed E-state index contributed by atoms with van der Waals surface area (Å²) in [6, 6.07) is 11.6. The summed E-state index contributed by atoms with van der Waals surface area (Å²) < 4.78 is 7.23. The second-order valence-corrected chi connectivity index (χ2v) is 9.47. The van der Waals surface area contributed by atoms with E-state index >= 15 is 0 Å². The third-order valence-electron chi connectivity index (χ3n) is 7.10. The summed E-state index contributed by atoms with van der Waals surface area (Å²) in [4.78, 5) is 32.8. The molecule has 1 aliphatic heterocycles. The zero-order chi connectivity index (χ0) is 25.7. The number of benzene rings is 1. The molecular weight excluding hydrogens is 452 g/mol. The van der Waals surface area contributed by atoms with Crippen LogP contribution in [-0.4, -0.2) is 52.4 Å². The molecule has 0 N–H and O–H groups in total. The second-order valence-electron chi connectivity index (χ2n) is 9.47. The molecule has 3 heterocycles. The molecule has 1 fully saturated rings. The zero-order valence-corrected chi connectivity index (χ0v) is 21.4. The summed E-state index contributed by atoms with van der Waals surface area (Å²) >= 11 is 0. The Hall–Kier alpha value is -3.50. The third kappa shape index (κ3) is 5.34. The predicted octanol–water partition coefficient (Wildman–Crippen LogP) is 5.32. The molecule has 0 saturated carbocycles. The quantitative estimate of drug-likeness (QED) is 0.300. The maximum atomic E-state index is 13.6. The van der Waals surface area contributed by atoms with Crippen molar-refractivity contribution in [3.63, 3.8) is 0 Å². The number of hydrogen-bond donors (Lipinski definition) is 0. The molecule has 0 bridgehead atoms. The Morgan fingerprint density at radius 1 is 1.14 bits per heavy atom. The van der Waals surface area contributed by atoms with E-state index in [1.807, 2.05) is 37.5 Å². The van der Waals surface area contributed by atoms with Crippen LogP contribution < -0.4 is 0 Å². The smallest absolute Gasteiger partial charge is 0.306 e. The van der Waals surface area contributed by atoms with E-state index in [-0.39, 0.29) is 24.1 Å². The number of nitrogens with zero attached hydrogens (tertiary/aromatic N) is 4. The first kappa shape index (κ1) is 25.6. The van der Waals surface area contributed by atoms with Crippen LogP contribution in [0.15, 0.2) is 36.5 Å². The molecule has 7 nitrogen and oxygen atoms in total. The van der Waals surface area contributed by atoms with Crippen molar-refractivity contribution >= 4 is 22.8 Å². The highest BCUT2D eigenvalue weighted by Crippen LogP contribution is 2.32. The maximum Gasteiger partial charge on any atom is 0.306 e. The van der Waals surface area contributed by atoms with E-state index in [9.17, 15) is 14.9 Å². The number of carbonyl (C=O) groups is 2. The lowest BCUT2D eigenvalue weighted by Gasteiger charge is -2.25. The van der Waals surface area contributed by atoms with Crippen LogP contribution >= 0.6 is 0 Å². The van der Waals surface area contributed by atoms with Gasteiger partial charge < -0.3 is 9.30 Å². The molecule has 1 saturated heterocycles. The van der Waals surface area contributed by atoms with Gasteiger partial charge in [0.05, 0.1) is 47.8 Å². The van der Waals surface area contributed by atoms with Gasteiger partial charge in [-0.25, -0.2) is 0 Å². The standard InChI is InChI=1S/C29H34N4O3/c1-4-22(16-27(35)36-5-2)23-15-25-29(31-18-23)28(26(34)19-32-13-7-6-8-14-32)20(3)33(25)24-11-9-21(17-30)10-12-24/h9-12,15,18,22H,4-8,13-14,16,19H2,1-3H3. The average molecular weight is 487 g/mol. The highest BCUT2D eigenvalue weighted by molar-refractivity contribution is 6.09. The number of Topliss-reactive ketones (excluding diaryl/α,β-unsaturated/α-hetero) is 1. The first-order chi connectivity index (χ1) is 17.5. The number of hydrogen-bond acceptors (Lipinski definition) is 6. The van der Waals surface area contributed by atoms with Gasteiger partial charge in [-0.3, -0.25) is 19.5 Å². The molecular formula is C29H34N4O3. The van der Waals surface area contributed by atoms with Crippen molar-refractivity contribution in [3.05, 3.63) is 58.9 Å². The molecule has 2 aromatic heterocycles. The summed E-state index contributed by atoms with van der Waals surface area (Å²) in [6.07, 6.45) is 6.32. The molecule has 7 heteroatoms. The van der Waals surface area contributed by atoms with Gasteiger partial charge in [-0.15, -0.1) is 0 Å². The number of ketones is 1. The van der Waals surface area contributed by atoms with E-state index in [4.69, 9.17) is 9.72 Å². The van der Waals surface area contributed by atoms with Crippen molar-refractivity contribution in [2.45, 2.75) is 58.8 Å². The van der Waals surface area contributed by atoms with Gasteiger partial charge >= 0.3 is 5.97 Å². The summed E-state index contributed by atoms with van der Waals surface area (Å²) in [5.74, 6) is -0.177. The summed E-state index contributed by atoms with van der Waals surface area (Å²) in [7, 11) is 0. The van der Waals surface area contributed by atoms with Crippen LogP contribution in [0.5, 0.6) is 0 Å². The number of likely N-dealkylation sites (tertiary alicyclic amines) is 1. The van der Waals surface area contributed by atoms with Crippen molar-refractivity contribution in [2.24, 2.45) is 0 Å². The SMILES string of the molecule is CCOC(=O)CC(CC)c1cnc2c(C(=O)CN3CCCCC3)c(C)n(-c3ccc(C#N)cc3)c2c1. The monoisotopic (exact) mass is 486 g/mol. The second kappa shape index (κ2) is 11.5. The summed E-state index contributed by atoms with van der Waals surface area (Å²) in [6.45, 7) is 8.45. The molecule has 1 aromatic carbocycles. The molecule has 4 rings (SSSR count). The zero-order valence-electron chi connectivity index (χ0n) is 21.4. The van der Waals surface area contributed by atoms with E-state index < -0.39 is 0 Å². The molecule has 188 valence electrons. The van der Waals surface area contributed by atoms with Crippen molar-refractivity contribution < 1.29 is 14.3 Å². The topological polar surface area (TPSA) is 88.2 Å². The van der Waals surface area contributed by atoms with Gasteiger partial charge in [-0.05, 0) is 88.0 Å². The van der Waals surface area contributed by atoms with Crippen LogP contribution in [0.2, 0.25) is 0 Å². The fourth-order valence-corrected chi connectivity index (χ4v) is 5.19.